The third kappa shape index (κ3) is 5.81. The van der Waals surface area contributed by atoms with E-state index in [1.165, 1.54) is 11.3 Å². The van der Waals surface area contributed by atoms with Crippen molar-refractivity contribution in [3.05, 3.63) is 59.6 Å². The topological polar surface area (TPSA) is 89.6 Å². The summed E-state index contributed by atoms with van der Waals surface area (Å²) < 4.78 is 10.8. The molecule has 0 saturated carbocycles. The van der Waals surface area contributed by atoms with Gasteiger partial charge in [-0.15, -0.1) is 11.3 Å². The molecule has 3 aromatic rings. The van der Waals surface area contributed by atoms with E-state index in [0.29, 0.717) is 30.3 Å². The van der Waals surface area contributed by atoms with Gasteiger partial charge in [-0.3, -0.25) is 9.59 Å². The van der Waals surface area contributed by atoms with Crippen LogP contribution in [0.25, 0.3) is 10.6 Å². The molecule has 0 fully saturated rings. The molecule has 2 amide bonds. The van der Waals surface area contributed by atoms with Gasteiger partial charge >= 0.3 is 0 Å². The van der Waals surface area contributed by atoms with E-state index in [1.54, 1.807) is 29.6 Å². The standard InChI is InChI=1S/C22H23N3O4S/c1-3-23-20(26)13-29-18-11-7-16(8-12-18)24-21(27)19-14-30-22(25-19)15-5-9-17(10-6-15)28-4-2/h5-12,14H,3-4,13H2,1-2H3,(H,23,26)(H,24,27). The molecule has 0 bridgehead atoms. The molecule has 0 radical (unpaired) electrons. The Bertz CT molecular complexity index is 984. The second kappa shape index (κ2) is 10.4. The molecule has 7 nitrogen and oxygen atoms in total. The zero-order chi connectivity index (χ0) is 21.3. The van der Waals surface area contributed by atoms with Gasteiger partial charge in [0.25, 0.3) is 11.8 Å². The van der Waals surface area contributed by atoms with Crippen LogP contribution < -0.4 is 20.1 Å². The minimum absolute atomic E-state index is 0.0489. The number of amides is 2. The Morgan fingerprint density at radius 2 is 1.63 bits per heavy atom. The fourth-order valence-electron chi connectivity index (χ4n) is 2.60. The molecule has 0 spiro atoms. The summed E-state index contributed by atoms with van der Waals surface area (Å²) in [6.45, 7) is 4.91. The predicted molar refractivity (Wildman–Crippen MR) is 117 cm³/mol. The molecule has 0 aliphatic carbocycles. The van der Waals surface area contributed by atoms with Gasteiger partial charge < -0.3 is 20.1 Å². The summed E-state index contributed by atoms with van der Waals surface area (Å²) in [7, 11) is 0. The minimum Gasteiger partial charge on any atom is -0.494 e. The van der Waals surface area contributed by atoms with Crippen LogP contribution >= 0.6 is 11.3 Å². The van der Waals surface area contributed by atoms with Crippen LogP contribution in [0.5, 0.6) is 11.5 Å². The van der Waals surface area contributed by atoms with Crippen LogP contribution in [0.1, 0.15) is 24.3 Å². The van der Waals surface area contributed by atoms with Crippen molar-refractivity contribution in [1.82, 2.24) is 10.3 Å². The van der Waals surface area contributed by atoms with Gasteiger partial charge in [0.1, 0.15) is 22.2 Å². The second-order valence-corrected chi connectivity index (χ2v) is 7.07. The van der Waals surface area contributed by atoms with E-state index in [2.05, 4.69) is 15.6 Å². The number of thiazole rings is 1. The zero-order valence-corrected chi connectivity index (χ0v) is 17.6. The molecule has 2 aromatic carbocycles. The summed E-state index contributed by atoms with van der Waals surface area (Å²) in [5, 5.41) is 7.96. The van der Waals surface area contributed by atoms with Crippen molar-refractivity contribution in [3.8, 4) is 22.1 Å². The SMILES string of the molecule is CCNC(=O)COc1ccc(NC(=O)c2csc(-c3ccc(OCC)cc3)n2)cc1. The Morgan fingerprint density at radius 3 is 2.30 bits per heavy atom. The van der Waals surface area contributed by atoms with Crippen molar-refractivity contribution in [3.63, 3.8) is 0 Å². The number of likely N-dealkylation sites (N-methyl/N-ethyl adjacent to an activating group) is 1. The summed E-state index contributed by atoms with van der Waals surface area (Å²) >= 11 is 1.41. The molecule has 1 aromatic heterocycles. The maximum absolute atomic E-state index is 12.5. The number of benzene rings is 2. The molecule has 1 heterocycles. The number of anilines is 1. The maximum atomic E-state index is 12.5. The summed E-state index contributed by atoms with van der Waals surface area (Å²) in [6.07, 6.45) is 0. The normalized spacial score (nSPS) is 10.3. The van der Waals surface area contributed by atoms with Crippen molar-refractivity contribution in [2.75, 3.05) is 25.1 Å². The lowest BCUT2D eigenvalue weighted by Crippen LogP contribution is -2.28. The maximum Gasteiger partial charge on any atom is 0.275 e. The number of nitrogens with zero attached hydrogens (tertiary/aromatic N) is 1. The van der Waals surface area contributed by atoms with E-state index in [1.807, 2.05) is 38.1 Å². The number of carbonyl (C=O) groups is 2. The van der Waals surface area contributed by atoms with Crippen LogP contribution in [-0.4, -0.2) is 36.6 Å². The third-order valence-corrected chi connectivity index (χ3v) is 4.90. The van der Waals surface area contributed by atoms with Crippen molar-refractivity contribution < 1.29 is 19.1 Å². The molecular formula is C22H23N3O4S. The Labute approximate surface area is 179 Å². The molecule has 3 rings (SSSR count). The van der Waals surface area contributed by atoms with Crippen LogP contribution in [0, 0.1) is 0 Å². The average molecular weight is 426 g/mol. The summed E-state index contributed by atoms with van der Waals surface area (Å²) in [5.74, 6) is 0.876. The van der Waals surface area contributed by atoms with Gasteiger partial charge in [-0.25, -0.2) is 4.98 Å². The molecule has 2 N–H and O–H groups in total. The van der Waals surface area contributed by atoms with Crippen LogP contribution in [0.3, 0.4) is 0 Å². The lowest BCUT2D eigenvalue weighted by atomic mass is 10.2. The van der Waals surface area contributed by atoms with Crippen molar-refractivity contribution in [2.24, 2.45) is 0 Å². The highest BCUT2D eigenvalue weighted by molar-refractivity contribution is 7.13. The molecule has 0 aliphatic rings. The number of hydrogen-bond donors (Lipinski definition) is 2. The molecule has 0 saturated heterocycles. The smallest absolute Gasteiger partial charge is 0.275 e. The number of ether oxygens (including phenoxy) is 2. The fraction of sp³-hybridized carbons (Fsp3) is 0.227. The highest BCUT2D eigenvalue weighted by atomic mass is 32.1. The van der Waals surface area contributed by atoms with Crippen LogP contribution in [0.15, 0.2) is 53.9 Å². The summed E-state index contributed by atoms with van der Waals surface area (Å²) in [5.41, 5.74) is 1.89. The quantitative estimate of drug-likeness (QED) is 0.541. The molecule has 156 valence electrons. The first-order valence-electron chi connectivity index (χ1n) is 9.58. The zero-order valence-electron chi connectivity index (χ0n) is 16.8. The van der Waals surface area contributed by atoms with Gasteiger partial charge in [0.2, 0.25) is 0 Å². The van der Waals surface area contributed by atoms with E-state index >= 15 is 0 Å². The van der Waals surface area contributed by atoms with E-state index in [0.717, 1.165) is 16.3 Å². The third-order valence-electron chi connectivity index (χ3n) is 4.01. The highest BCUT2D eigenvalue weighted by Gasteiger charge is 2.12. The number of nitrogens with one attached hydrogen (secondary N) is 2. The van der Waals surface area contributed by atoms with Gasteiger partial charge in [0.05, 0.1) is 6.61 Å². The lowest BCUT2D eigenvalue weighted by Gasteiger charge is -2.07. The first-order valence-corrected chi connectivity index (χ1v) is 10.5. The molecule has 8 heteroatoms. The van der Waals surface area contributed by atoms with Gasteiger partial charge in [-0.05, 0) is 62.4 Å². The van der Waals surface area contributed by atoms with Crippen molar-refractivity contribution in [1.29, 1.82) is 0 Å². The number of rotatable bonds is 9. The summed E-state index contributed by atoms with van der Waals surface area (Å²) in [6, 6.07) is 14.4. The Kier molecular flexibility index (Phi) is 7.40. The van der Waals surface area contributed by atoms with Gasteiger partial charge in [-0.2, -0.15) is 0 Å². The summed E-state index contributed by atoms with van der Waals surface area (Å²) in [4.78, 5) is 28.4. The monoisotopic (exact) mass is 425 g/mol. The largest absolute Gasteiger partial charge is 0.494 e. The lowest BCUT2D eigenvalue weighted by molar-refractivity contribution is -0.122. The van der Waals surface area contributed by atoms with Crippen molar-refractivity contribution >= 4 is 28.8 Å². The van der Waals surface area contributed by atoms with Crippen LogP contribution in [0.4, 0.5) is 5.69 Å². The van der Waals surface area contributed by atoms with Crippen molar-refractivity contribution in [2.45, 2.75) is 13.8 Å². The van der Waals surface area contributed by atoms with E-state index < -0.39 is 0 Å². The minimum atomic E-state index is -0.292. The van der Waals surface area contributed by atoms with Gasteiger partial charge in [-0.1, -0.05) is 0 Å². The van der Waals surface area contributed by atoms with Gasteiger partial charge in [0, 0.05) is 23.2 Å². The molecular weight excluding hydrogens is 402 g/mol. The average Bonchev–Trinajstić information content (AvgIpc) is 3.25. The Morgan fingerprint density at radius 1 is 0.967 bits per heavy atom. The van der Waals surface area contributed by atoms with Crippen LogP contribution in [0.2, 0.25) is 0 Å². The number of hydrogen-bond acceptors (Lipinski definition) is 6. The Hall–Kier alpha value is -3.39. The highest BCUT2D eigenvalue weighted by Crippen LogP contribution is 2.26. The fourth-order valence-corrected chi connectivity index (χ4v) is 3.40. The Balaban J connectivity index is 1.58. The van der Waals surface area contributed by atoms with E-state index in [9.17, 15) is 9.59 Å². The predicted octanol–water partition coefficient (Wildman–Crippen LogP) is 3.98. The molecule has 0 unspecified atom stereocenters. The first-order chi connectivity index (χ1) is 14.6. The second-order valence-electron chi connectivity index (χ2n) is 6.22. The molecule has 0 atom stereocenters. The number of carbonyl (C=O) groups excluding carboxylic acids is 2. The molecule has 0 aliphatic heterocycles. The van der Waals surface area contributed by atoms with E-state index in [4.69, 9.17) is 9.47 Å². The molecule has 30 heavy (non-hydrogen) atoms. The first kappa shape index (κ1) is 21.3. The van der Waals surface area contributed by atoms with E-state index in [-0.39, 0.29) is 18.4 Å². The number of aromatic nitrogens is 1. The van der Waals surface area contributed by atoms with Crippen LogP contribution in [-0.2, 0) is 4.79 Å². The van der Waals surface area contributed by atoms with Gasteiger partial charge in [0.15, 0.2) is 6.61 Å².